The van der Waals surface area contributed by atoms with E-state index in [1.165, 1.54) is 12.1 Å². The van der Waals surface area contributed by atoms with Crippen LogP contribution in [0.3, 0.4) is 0 Å². The topological polar surface area (TPSA) is 21.3 Å². The minimum atomic E-state index is -0.208. The lowest BCUT2D eigenvalue weighted by Gasteiger charge is -2.09. The van der Waals surface area contributed by atoms with Crippen molar-refractivity contribution in [2.75, 3.05) is 25.1 Å². The van der Waals surface area contributed by atoms with Crippen LogP contribution in [0.4, 0.5) is 10.1 Å². The third-order valence-electron chi connectivity index (χ3n) is 2.40. The highest BCUT2D eigenvalue weighted by Crippen LogP contribution is 2.15. The second-order valence-electron chi connectivity index (χ2n) is 3.85. The molecule has 0 aliphatic heterocycles. The number of halogens is 1. The zero-order valence-electron chi connectivity index (χ0n) is 10.1. The summed E-state index contributed by atoms with van der Waals surface area (Å²) in [4.78, 5) is 0. The highest BCUT2D eigenvalue weighted by molar-refractivity contribution is 5.50. The number of hydrogen-bond donors (Lipinski definition) is 1. The maximum absolute atomic E-state index is 13.0. The van der Waals surface area contributed by atoms with E-state index in [0.717, 1.165) is 30.7 Å². The van der Waals surface area contributed by atoms with Gasteiger partial charge in [0.05, 0.1) is 6.61 Å². The first kappa shape index (κ1) is 13.0. The third kappa shape index (κ3) is 4.62. The Bertz CT molecular complexity index is 315. The highest BCUT2D eigenvalue weighted by Gasteiger charge is 1.99. The Morgan fingerprint density at radius 1 is 1.31 bits per heavy atom. The molecule has 0 fully saturated rings. The van der Waals surface area contributed by atoms with E-state index in [9.17, 15) is 4.39 Å². The maximum atomic E-state index is 13.0. The zero-order chi connectivity index (χ0) is 11.8. The molecule has 0 aliphatic carbocycles. The monoisotopic (exact) mass is 225 g/mol. The molecule has 0 unspecified atom stereocenters. The van der Waals surface area contributed by atoms with Gasteiger partial charge in [-0.15, -0.1) is 0 Å². The first-order chi connectivity index (χ1) is 7.74. The predicted molar refractivity (Wildman–Crippen MR) is 65.4 cm³/mol. The van der Waals surface area contributed by atoms with Gasteiger partial charge in [0.25, 0.3) is 0 Å². The van der Waals surface area contributed by atoms with Crippen LogP contribution in [0.15, 0.2) is 18.2 Å². The lowest BCUT2D eigenvalue weighted by Crippen LogP contribution is -2.10. The van der Waals surface area contributed by atoms with Gasteiger partial charge >= 0.3 is 0 Å². The average Bonchev–Trinajstić information content (AvgIpc) is 2.28. The summed E-state index contributed by atoms with van der Waals surface area (Å²) in [6, 6.07) is 4.76. The molecule has 0 heterocycles. The molecule has 1 aromatic carbocycles. The van der Waals surface area contributed by atoms with Gasteiger partial charge in [-0.25, -0.2) is 4.39 Å². The van der Waals surface area contributed by atoms with Crippen molar-refractivity contribution in [2.45, 2.75) is 26.7 Å². The summed E-state index contributed by atoms with van der Waals surface area (Å²) in [6.45, 7) is 6.28. The van der Waals surface area contributed by atoms with Crippen molar-refractivity contribution in [3.8, 4) is 0 Å². The molecule has 0 saturated heterocycles. The van der Waals surface area contributed by atoms with E-state index in [0.29, 0.717) is 13.2 Å². The number of aryl methyl sites for hydroxylation is 1. The van der Waals surface area contributed by atoms with Crippen LogP contribution in [0.2, 0.25) is 0 Å². The molecule has 1 rings (SSSR count). The van der Waals surface area contributed by atoms with Crippen LogP contribution in [0.25, 0.3) is 0 Å². The standard InChI is InChI=1S/C13H20FNO/c1-3-4-8-16-9-7-15-13-10-12(14)6-5-11(13)2/h5-6,10,15H,3-4,7-9H2,1-2H3. The van der Waals surface area contributed by atoms with Crippen molar-refractivity contribution < 1.29 is 9.13 Å². The van der Waals surface area contributed by atoms with E-state index in [1.807, 2.05) is 6.92 Å². The summed E-state index contributed by atoms with van der Waals surface area (Å²) in [5.41, 5.74) is 1.90. The number of nitrogens with one attached hydrogen (secondary N) is 1. The molecule has 0 aromatic heterocycles. The highest BCUT2D eigenvalue weighted by atomic mass is 19.1. The summed E-state index contributed by atoms with van der Waals surface area (Å²) < 4.78 is 18.4. The summed E-state index contributed by atoms with van der Waals surface area (Å²) >= 11 is 0. The van der Waals surface area contributed by atoms with Gasteiger partial charge in [0.2, 0.25) is 0 Å². The molecule has 0 spiro atoms. The largest absolute Gasteiger partial charge is 0.382 e. The van der Waals surface area contributed by atoms with Gasteiger partial charge in [0.1, 0.15) is 5.82 Å². The lowest BCUT2D eigenvalue weighted by molar-refractivity contribution is 0.141. The number of unbranched alkanes of at least 4 members (excludes halogenated alkanes) is 1. The Morgan fingerprint density at radius 3 is 2.88 bits per heavy atom. The fourth-order valence-corrected chi connectivity index (χ4v) is 1.39. The molecule has 90 valence electrons. The van der Waals surface area contributed by atoms with Crippen LogP contribution < -0.4 is 5.32 Å². The normalized spacial score (nSPS) is 10.4. The van der Waals surface area contributed by atoms with E-state index >= 15 is 0 Å². The van der Waals surface area contributed by atoms with Gasteiger partial charge < -0.3 is 10.1 Å². The predicted octanol–water partition coefficient (Wildman–Crippen LogP) is 3.36. The molecule has 1 aromatic rings. The smallest absolute Gasteiger partial charge is 0.125 e. The van der Waals surface area contributed by atoms with E-state index < -0.39 is 0 Å². The molecule has 2 nitrogen and oxygen atoms in total. The molecule has 0 radical (unpaired) electrons. The van der Waals surface area contributed by atoms with Crippen LogP contribution >= 0.6 is 0 Å². The van der Waals surface area contributed by atoms with E-state index in [-0.39, 0.29) is 5.82 Å². The van der Waals surface area contributed by atoms with Crippen LogP contribution in [0, 0.1) is 12.7 Å². The summed E-state index contributed by atoms with van der Waals surface area (Å²) in [5.74, 6) is -0.208. The SMILES string of the molecule is CCCCOCCNc1cc(F)ccc1C. The van der Waals surface area contributed by atoms with Crippen molar-refractivity contribution in [1.82, 2.24) is 0 Å². The van der Waals surface area contributed by atoms with Gasteiger partial charge in [0, 0.05) is 18.8 Å². The van der Waals surface area contributed by atoms with Gasteiger partial charge in [0.15, 0.2) is 0 Å². The number of ether oxygens (including phenoxy) is 1. The minimum Gasteiger partial charge on any atom is -0.382 e. The molecule has 0 aliphatic rings. The Kier molecular flexibility index (Phi) is 5.86. The van der Waals surface area contributed by atoms with Crippen LogP contribution in [0.5, 0.6) is 0 Å². The lowest BCUT2D eigenvalue weighted by atomic mass is 10.2. The second kappa shape index (κ2) is 7.23. The summed E-state index contributed by atoms with van der Waals surface area (Å²) in [5, 5.41) is 3.17. The van der Waals surface area contributed by atoms with E-state index in [4.69, 9.17) is 4.74 Å². The number of hydrogen-bond acceptors (Lipinski definition) is 2. The number of rotatable bonds is 7. The molecular weight excluding hydrogens is 205 g/mol. The van der Waals surface area contributed by atoms with Crippen molar-refractivity contribution in [3.63, 3.8) is 0 Å². The Balaban J connectivity index is 2.23. The Labute approximate surface area is 96.8 Å². The van der Waals surface area contributed by atoms with Crippen LogP contribution in [0.1, 0.15) is 25.3 Å². The summed E-state index contributed by atoms with van der Waals surface area (Å²) in [7, 11) is 0. The van der Waals surface area contributed by atoms with Crippen molar-refractivity contribution in [3.05, 3.63) is 29.6 Å². The Hall–Kier alpha value is -1.09. The number of anilines is 1. The molecule has 0 atom stereocenters. The van der Waals surface area contributed by atoms with Gasteiger partial charge in [-0.05, 0) is 31.0 Å². The fraction of sp³-hybridized carbons (Fsp3) is 0.538. The van der Waals surface area contributed by atoms with E-state index in [1.54, 1.807) is 6.07 Å². The molecule has 3 heteroatoms. The molecule has 16 heavy (non-hydrogen) atoms. The number of benzene rings is 1. The quantitative estimate of drug-likeness (QED) is 0.718. The molecule has 0 saturated carbocycles. The third-order valence-corrected chi connectivity index (χ3v) is 2.40. The van der Waals surface area contributed by atoms with Crippen LogP contribution in [-0.4, -0.2) is 19.8 Å². The molecular formula is C13H20FNO. The first-order valence-electron chi connectivity index (χ1n) is 5.82. The second-order valence-corrected chi connectivity index (χ2v) is 3.85. The molecule has 0 bridgehead atoms. The van der Waals surface area contributed by atoms with Gasteiger partial charge in [-0.2, -0.15) is 0 Å². The fourth-order valence-electron chi connectivity index (χ4n) is 1.39. The van der Waals surface area contributed by atoms with Crippen molar-refractivity contribution >= 4 is 5.69 Å². The Morgan fingerprint density at radius 2 is 2.12 bits per heavy atom. The van der Waals surface area contributed by atoms with Crippen LogP contribution in [-0.2, 0) is 4.74 Å². The molecule has 0 amide bonds. The average molecular weight is 225 g/mol. The maximum Gasteiger partial charge on any atom is 0.125 e. The van der Waals surface area contributed by atoms with Crippen molar-refractivity contribution in [2.24, 2.45) is 0 Å². The van der Waals surface area contributed by atoms with Crippen molar-refractivity contribution in [1.29, 1.82) is 0 Å². The van der Waals surface area contributed by atoms with E-state index in [2.05, 4.69) is 12.2 Å². The zero-order valence-corrected chi connectivity index (χ0v) is 10.1. The van der Waals surface area contributed by atoms with Gasteiger partial charge in [-0.1, -0.05) is 19.4 Å². The van der Waals surface area contributed by atoms with Gasteiger partial charge in [-0.3, -0.25) is 0 Å². The summed E-state index contributed by atoms with van der Waals surface area (Å²) in [6.07, 6.45) is 2.25. The first-order valence-corrected chi connectivity index (χ1v) is 5.82. The minimum absolute atomic E-state index is 0.208. The molecule has 1 N–H and O–H groups in total.